The van der Waals surface area contributed by atoms with Crippen LogP contribution >= 0.6 is 0 Å². The molecule has 2 heterocycles. The molecule has 3 rings (SSSR count). The first-order valence-corrected chi connectivity index (χ1v) is 8.93. The van der Waals surface area contributed by atoms with Crippen LogP contribution in [0.4, 0.5) is 36.6 Å². The number of anilines is 1. The smallest absolute Gasteiger partial charge is 0.403 e. The van der Waals surface area contributed by atoms with Gasteiger partial charge in [0, 0.05) is 11.5 Å². The summed E-state index contributed by atoms with van der Waals surface area (Å²) in [6.45, 7) is 4.45. The molecule has 1 amide bonds. The number of benzene rings is 1. The molecule has 174 valence electrons. The van der Waals surface area contributed by atoms with Gasteiger partial charge in [-0.25, -0.2) is 14.4 Å². The lowest BCUT2D eigenvalue weighted by atomic mass is 9.98. The Bertz CT molecular complexity index is 1030. The summed E-state index contributed by atoms with van der Waals surface area (Å²) in [4.78, 5) is 21.4. The fraction of sp³-hybridized carbons (Fsp3) is 0.389. The van der Waals surface area contributed by atoms with Crippen molar-refractivity contribution in [3.63, 3.8) is 0 Å². The molecule has 1 aromatic carbocycles. The van der Waals surface area contributed by atoms with E-state index in [1.165, 1.54) is 6.92 Å². The minimum absolute atomic E-state index is 0.0404. The first-order chi connectivity index (χ1) is 14.8. The molecule has 1 aliphatic heterocycles. The van der Waals surface area contributed by atoms with E-state index < -0.39 is 48.4 Å². The molecule has 1 N–H and O–H groups in total. The van der Waals surface area contributed by atoms with E-state index in [9.17, 15) is 35.5 Å². The van der Waals surface area contributed by atoms with Gasteiger partial charge in [0.1, 0.15) is 24.3 Å². The first kappa shape index (κ1) is 23.5. The van der Waals surface area contributed by atoms with Crippen LogP contribution < -0.4 is 10.1 Å². The number of nitrogens with one attached hydrogen (secondary N) is 1. The minimum Gasteiger partial charge on any atom is -0.403 e. The number of likely N-dealkylation sites (tertiary alicyclic amines) is 1. The van der Waals surface area contributed by atoms with Gasteiger partial charge in [0.15, 0.2) is 11.6 Å². The molecule has 32 heavy (non-hydrogen) atoms. The molecular formula is C18H15F7N4O3. The molecule has 1 saturated heterocycles. The van der Waals surface area contributed by atoms with Crippen molar-refractivity contribution in [1.82, 2.24) is 14.9 Å². The van der Waals surface area contributed by atoms with Gasteiger partial charge >= 0.3 is 12.7 Å². The zero-order chi connectivity index (χ0) is 23.8. The Hall–Kier alpha value is -3.16. The Kier molecular flexibility index (Phi) is 6.18. The Morgan fingerprint density at radius 2 is 1.94 bits per heavy atom. The SMILES string of the molecule is C=C[C@H]1C(OC(F)(F)F)CN1C(=O)[C@@H](C)Nc1ncnc2cc(OC(F)(F)F)c(F)cc12. The highest BCUT2D eigenvalue weighted by molar-refractivity contribution is 5.93. The lowest BCUT2D eigenvalue weighted by Gasteiger charge is -2.47. The summed E-state index contributed by atoms with van der Waals surface area (Å²) < 4.78 is 96.1. The number of aromatic nitrogens is 2. The maximum atomic E-state index is 14.1. The van der Waals surface area contributed by atoms with Crippen LogP contribution in [0.1, 0.15) is 6.92 Å². The molecule has 0 bridgehead atoms. The standard InChI is InChI=1S/C18H15F7N4O3/c1-3-12-14(32-18(23,24)25)6-29(12)16(30)8(2)28-15-9-4-10(19)13(31-17(20,21)22)5-11(9)26-7-27-15/h3-5,7-8,12,14H,1,6H2,2H3,(H,26,27,28)/t8-,12+,14?/m1/s1. The number of halogens is 7. The number of ether oxygens (including phenoxy) is 2. The van der Waals surface area contributed by atoms with Crippen LogP contribution in [-0.2, 0) is 9.53 Å². The largest absolute Gasteiger partial charge is 0.573 e. The molecule has 1 aromatic heterocycles. The lowest BCUT2D eigenvalue weighted by Crippen LogP contribution is -2.65. The van der Waals surface area contributed by atoms with Gasteiger partial charge in [-0.05, 0) is 13.0 Å². The van der Waals surface area contributed by atoms with Crippen molar-refractivity contribution in [1.29, 1.82) is 0 Å². The number of alkyl halides is 6. The van der Waals surface area contributed by atoms with Gasteiger partial charge in [0.25, 0.3) is 0 Å². The molecule has 2 aromatic rings. The second-order valence-corrected chi connectivity index (χ2v) is 6.75. The second kappa shape index (κ2) is 8.41. The third-order valence-corrected chi connectivity index (χ3v) is 4.57. The van der Waals surface area contributed by atoms with Crippen LogP contribution in [-0.4, -0.2) is 58.2 Å². The van der Waals surface area contributed by atoms with Crippen molar-refractivity contribution < 1.29 is 45.0 Å². The average Bonchev–Trinajstić information content (AvgIpc) is 2.64. The predicted octanol–water partition coefficient (Wildman–Crippen LogP) is 3.77. The number of carbonyl (C=O) groups excluding carboxylic acids is 1. The van der Waals surface area contributed by atoms with Gasteiger partial charge in [-0.15, -0.1) is 32.9 Å². The quantitative estimate of drug-likeness (QED) is 0.514. The number of amides is 1. The maximum Gasteiger partial charge on any atom is 0.573 e. The Morgan fingerprint density at radius 1 is 1.25 bits per heavy atom. The van der Waals surface area contributed by atoms with Crippen molar-refractivity contribution >= 4 is 22.6 Å². The molecule has 0 radical (unpaired) electrons. The fourth-order valence-corrected chi connectivity index (χ4v) is 3.17. The van der Waals surface area contributed by atoms with Gasteiger partial charge < -0.3 is 15.0 Å². The monoisotopic (exact) mass is 468 g/mol. The van der Waals surface area contributed by atoms with E-state index in [4.69, 9.17) is 0 Å². The summed E-state index contributed by atoms with van der Waals surface area (Å²) in [7, 11) is 0. The van der Waals surface area contributed by atoms with Crippen molar-refractivity contribution in [2.24, 2.45) is 0 Å². The molecule has 14 heteroatoms. The van der Waals surface area contributed by atoms with E-state index >= 15 is 0 Å². The van der Waals surface area contributed by atoms with Crippen molar-refractivity contribution in [2.45, 2.75) is 37.8 Å². The van der Waals surface area contributed by atoms with Gasteiger partial charge in [-0.1, -0.05) is 6.08 Å². The summed E-state index contributed by atoms with van der Waals surface area (Å²) in [6.07, 6.45) is -9.17. The predicted molar refractivity (Wildman–Crippen MR) is 95.9 cm³/mol. The van der Waals surface area contributed by atoms with E-state index in [-0.39, 0.29) is 23.3 Å². The Labute approximate surface area is 175 Å². The van der Waals surface area contributed by atoms with E-state index in [0.717, 1.165) is 23.4 Å². The first-order valence-electron chi connectivity index (χ1n) is 8.93. The summed E-state index contributed by atoms with van der Waals surface area (Å²) in [5.41, 5.74) is -0.102. The second-order valence-electron chi connectivity index (χ2n) is 6.75. The van der Waals surface area contributed by atoms with E-state index in [0.29, 0.717) is 6.07 Å². The van der Waals surface area contributed by atoms with E-state index in [2.05, 4.69) is 31.3 Å². The molecule has 0 saturated carbocycles. The highest BCUT2D eigenvalue weighted by Crippen LogP contribution is 2.32. The highest BCUT2D eigenvalue weighted by Gasteiger charge is 2.47. The Balaban J connectivity index is 1.77. The van der Waals surface area contributed by atoms with Crippen molar-refractivity contribution in [3.05, 3.63) is 36.9 Å². The number of nitrogens with zero attached hydrogens (tertiary/aromatic N) is 3. The summed E-state index contributed by atoms with van der Waals surface area (Å²) in [5.74, 6) is -3.13. The van der Waals surface area contributed by atoms with Gasteiger partial charge in [-0.3, -0.25) is 9.53 Å². The molecule has 1 unspecified atom stereocenters. The fourth-order valence-electron chi connectivity index (χ4n) is 3.17. The van der Waals surface area contributed by atoms with Crippen LogP contribution in [0.3, 0.4) is 0 Å². The molecule has 0 aliphatic carbocycles. The van der Waals surface area contributed by atoms with Crippen LogP contribution in [0, 0.1) is 5.82 Å². The van der Waals surface area contributed by atoms with Crippen LogP contribution in [0.2, 0.25) is 0 Å². The third-order valence-electron chi connectivity index (χ3n) is 4.57. The van der Waals surface area contributed by atoms with Crippen molar-refractivity contribution in [3.8, 4) is 5.75 Å². The molecule has 1 fully saturated rings. The van der Waals surface area contributed by atoms with Crippen LogP contribution in [0.25, 0.3) is 10.9 Å². The summed E-state index contributed by atoms with van der Waals surface area (Å²) >= 11 is 0. The number of carbonyl (C=O) groups is 1. The van der Waals surface area contributed by atoms with Crippen molar-refractivity contribution in [2.75, 3.05) is 11.9 Å². The zero-order valence-electron chi connectivity index (χ0n) is 16.2. The van der Waals surface area contributed by atoms with Gasteiger partial charge in [0.05, 0.1) is 18.1 Å². The third kappa shape index (κ3) is 5.18. The summed E-state index contributed by atoms with van der Waals surface area (Å²) in [5, 5.41) is 2.63. The zero-order valence-corrected chi connectivity index (χ0v) is 16.2. The molecular weight excluding hydrogens is 453 g/mol. The lowest BCUT2D eigenvalue weighted by molar-refractivity contribution is -0.358. The minimum atomic E-state index is -5.11. The van der Waals surface area contributed by atoms with Crippen LogP contribution in [0.15, 0.2) is 31.1 Å². The average molecular weight is 468 g/mol. The van der Waals surface area contributed by atoms with Gasteiger partial charge in [-0.2, -0.15) is 0 Å². The van der Waals surface area contributed by atoms with Crippen LogP contribution in [0.5, 0.6) is 5.75 Å². The highest BCUT2D eigenvalue weighted by atomic mass is 19.4. The van der Waals surface area contributed by atoms with Gasteiger partial charge in [0.2, 0.25) is 5.91 Å². The number of hydrogen-bond donors (Lipinski definition) is 1. The number of fused-ring (bicyclic) bond motifs is 1. The molecule has 1 aliphatic rings. The number of hydrogen-bond acceptors (Lipinski definition) is 6. The number of rotatable bonds is 6. The molecule has 7 nitrogen and oxygen atoms in total. The molecule has 0 spiro atoms. The van der Waals surface area contributed by atoms with E-state index in [1.807, 2.05) is 0 Å². The Morgan fingerprint density at radius 3 is 2.53 bits per heavy atom. The molecule has 3 atom stereocenters. The normalized spacial score (nSPS) is 19.9. The van der Waals surface area contributed by atoms with E-state index in [1.54, 1.807) is 0 Å². The summed E-state index contributed by atoms with van der Waals surface area (Å²) in [6, 6.07) is -0.634. The topological polar surface area (TPSA) is 76.6 Å². The maximum absolute atomic E-state index is 14.1.